The quantitative estimate of drug-likeness (QED) is 0.759. The van der Waals surface area contributed by atoms with Gasteiger partial charge in [0.1, 0.15) is 0 Å². The maximum atomic E-state index is 11.2. The van der Waals surface area contributed by atoms with E-state index in [0.29, 0.717) is 5.92 Å². The number of hydrogen-bond donors (Lipinski definition) is 1. The van der Waals surface area contributed by atoms with E-state index in [4.69, 9.17) is 4.74 Å². The molecule has 0 aromatic carbocycles. The van der Waals surface area contributed by atoms with Crippen LogP contribution in [-0.2, 0) is 4.74 Å². The number of carbonyl (C=O) groups is 1. The standard InChI is InChI=1S/C11H21NO2/c1-9(2)14-11(13)12-8-10-6-4-3-5-7-10/h9-10H,3-8H2,1-2H3,(H,12,13). The highest BCUT2D eigenvalue weighted by atomic mass is 16.6. The zero-order chi connectivity index (χ0) is 10.4. The summed E-state index contributed by atoms with van der Waals surface area (Å²) in [6, 6.07) is 0. The van der Waals surface area contributed by atoms with Crippen molar-refractivity contribution in [2.24, 2.45) is 5.92 Å². The molecule has 1 amide bonds. The second-order valence-electron chi connectivity index (χ2n) is 4.34. The molecular weight excluding hydrogens is 178 g/mol. The van der Waals surface area contributed by atoms with Crippen LogP contribution < -0.4 is 5.32 Å². The van der Waals surface area contributed by atoms with E-state index in [-0.39, 0.29) is 12.2 Å². The van der Waals surface area contributed by atoms with E-state index >= 15 is 0 Å². The SMILES string of the molecule is CC(C)OC(=O)NCC1CCCCC1. The van der Waals surface area contributed by atoms with E-state index in [1.165, 1.54) is 32.1 Å². The first kappa shape index (κ1) is 11.3. The van der Waals surface area contributed by atoms with Gasteiger partial charge in [0.25, 0.3) is 0 Å². The second-order valence-corrected chi connectivity index (χ2v) is 4.34. The fourth-order valence-corrected chi connectivity index (χ4v) is 1.87. The highest BCUT2D eigenvalue weighted by Crippen LogP contribution is 2.22. The number of rotatable bonds is 3. The topological polar surface area (TPSA) is 38.3 Å². The molecule has 0 spiro atoms. The highest BCUT2D eigenvalue weighted by molar-refractivity contribution is 5.67. The predicted octanol–water partition coefficient (Wildman–Crippen LogP) is 2.70. The Labute approximate surface area is 86.2 Å². The van der Waals surface area contributed by atoms with E-state index in [0.717, 1.165) is 6.54 Å². The highest BCUT2D eigenvalue weighted by Gasteiger charge is 2.14. The Morgan fingerprint density at radius 2 is 2.00 bits per heavy atom. The summed E-state index contributed by atoms with van der Waals surface area (Å²) in [5.74, 6) is 0.670. The fraction of sp³-hybridized carbons (Fsp3) is 0.909. The van der Waals surface area contributed by atoms with Crippen LogP contribution in [0.4, 0.5) is 4.79 Å². The average molecular weight is 199 g/mol. The smallest absolute Gasteiger partial charge is 0.407 e. The van der Waals surface area contributed by atoms with Crippen molar-refractivity contribution in [3.63, 3.8) is 0 Å². The summed E-state index contributed by atoms with van der Waals surface area (Å²) in [6.45, 7) is 4.51. The van der Waals surface area contributed by atoms with Gasteiger partial charge in [0, 0.05) is 6.54 Å². The molecule has 0 radical (unpaired) electrons. The third-order valence-electron chi connectivity index (χ3n) is 2.60. The molecular formula is C11H21NO2. The van der Waals surface area contributed by atoms with Crippen molar-refractivity contribution in [1.82, 2.24) is 5.32 Å². The number of hydrogen-bond acceptors (Lipinski definition) is 2. The molecule has 0 unspecified atom stereocenters. The van der Waals surface area contributed by atoms with E-state index in [1.54, 1.807) is 0 Å². The lowest BCUT2D eigenvalue weighted by atomic mass is 9.89. The number of amides is 1. The van der Waals surface area contributed by atoms with E-state index in [1.807, 2.05) is 13.8 Å². The molecule has 0 bridgehead atoms. The fourth-order valence-electron chi connectivity index (χ4n) is 1.87. The van der Waals surface area contributed by atoms with Gasteiger partial charge in [-0.05, 0) is 32.6 Å². The van der Waals surface area contributed by atoms with Crippen LogP contribution in [0.3, 0.4) is 0 Å². The van der Waals surface area contributed by atoms with Gasteiger partial charge in [0.15, 0.2) is 0 Å². The zero-order valence-electron chi connectivity index (χ0n) is 9.21. The number of ether oxygens (including phenoxy) is 1. The molecule has 82 valence electrons. The lowest BCUT2D eigenvalue weighted by Gasteiger charge is -2.21. The van der Waals surface area contributed by atoms with Crippen LogP contribution in [0.5, 0.6) is 0 Å². The Balaban J connectivity index is 2.09. The number of alkyl carbamates (subject to hydrolysis) is 1. The van der Waals surface area contributed by atoms with Crippen molar-refractivity contribution in [2.45, 2.75) is 52.1 Å². The van der Waals surface area contributed by atoms with Gasteiger partial charge >= 0.3 is 6.09 Å². The normalized spacial score (nSPS) is 18.2. The second kappa shape index (κ2) is 5.89. The zero-order valence-corrected chi connectivity index (χ0v) is 9.21. The first-order valence-electron chi connectivity index (χ1n) is 5.63. The number of carbonyl (C=O) groups excluding carboxylic acids is 1. The summed E-state index contributed by atoms with van der Waals surface area (Å²) in [5.41, 5.74) is 0. The molecule has 3 heteroatoms. The minimum atomic E-state index is -0.273. The van der Waals surface area contributed by atoms with Crippen LogP contribution in [0.2, 0.25) is 0 Å². The largest absolute Gasteiger partial charge is 0.447 e. The van der Waals surface area contributed by atoms with Gasteiger partial charge in [0.05, 0.1) is 6.10 Å². The Kier molecular flexibility index (Phi) is 4.77. The average Bonchev–Trinajstić information content (AvgIpc) is 2.15. The summed E-state index contributed by atoms with van der Waals surface area (Å²) in [4.78, 5) is 11.2. The molecule has 0 aromatic rings. The van der Waals surface area contributed by atoms with Crippen molar-refractivity contribution < 1.29 is 9.53 Å². The third kappa shape index (κ3) is 4.49. The summed E-state index contributed by atoms with van der Waals surface area (Å²) < 4.78 is 4.99. The van der Waals surface area contributed by atoms with Gasteiger partial charge in [0.2, 0.25) is 0 Å². The molecule has 0 atom stereocenters. The van der Waals surface area contributed by atoms with E-state index in [9.17, 15) is 4.79 Å². The maximum Gasteiger partial charge on any atom is 0.407 e. The predicted molar refractivity (Wildman–Crippen MR) is 56.2 cm³/mol. The molecule has 0 saturated heterocycles. The van der Waals surface area contributed by atoms with Gasteiger partial charge in [-0.15, -0.1) is 0 Å². The van der Waals surface area contributed by atoms with Crippen LogP contribution in [0, 0.1) is 5.92 Å². The van der Waals surface area contributed by atoms with Gasteiger partial charge in [-0.2, -0.15) is 0 Å². The van der Waals surface area contributed by atoms with E-state index in [2.05, 4.69) is 5.32 Å². The van der Waals surface area contributed by atoms with Crippen molar-refractivity contribution in [3.8, 4) is 0 Å². The van der Waals surface area contributed by atoms with Gasteiger partial charge < -0.3 is 10.1 Å². The van der Waals surface area contributed by atoms with Crippen LogP contribution in [0.1, 0.15) is 46.0 Å². The first-order valence-corrected chi connectivity index (χ1v) is 5.63. The summed E-state index contributed by atoms with van der Waals surface area (Å²) in [5, 5.41) is 2.82. The summed E-state index contributed by atoms with van der Waals surface area (Å²) in [6.07, 6.45) is 6.18. The Hall–Kier alpha value is -0.730. The van der Waals surface area contributed by atoms with Crippen LogP contribution in [-0.4, -0.2) is 18.7 Å². The maximum absolute atomic E-state index is 11.2. The molecule has 1 rings (SSSR count). The van der Waals surface area contributed by atoms with Gasteiger partial charge in [-0.25, -0.2) is 4.79 Å². The van der Waals surface area contributed by atoms with Crippen LogP contribution >= 0.6 is 0 Å². The molecule has 1 aliphatic carbocycles. The first-order chi connectivity index (χ1) is 6.68. The summed E-state index contributed by atoms with van der Waals surface area (Å²) >= 11 is 0. The number of nitrogens with one attached hydrogen (secondary N) is 1. The van der Waals surface area contributed by atoms with Crippen molar-refractivity contribution >= 4 is 6.09 Å². The Bertz CT molecular complexity index is 174. The van der Waals surface area contributed by atoms with Gasteiger partial charge in [-0.1, -0.05) is 19.3 Å². The molecule has 1 aliphatic rings. The molecule has 1 saturated carbocycles. The molecule has 1 fully saturated rings. The molecule has 0 heterocycles. The minimum absolute atomic E-state index is 0.0265. The van der Waals surface area contributed by atoms with Crippen LogP contribution in [0.15, 0.2) is 0 Å². The Morgan fingerprint density at radius 3 is 2.57 bits per heavy atom. The summed E-state index contributed by atoms with van der Waals surface area (Å²) in [7, 11) is 0. The van der Waals surface area contributed by atoms with Crippen LogP contribution in [0.25, 0.3) is 0 Å². The molecule has 3 nitrogen and oxygen atoms in total. The van der Waals surface area contributed by atoms with Crippen molar-refractivity contribution in [2.75, 3.05) is 6.54 Å². The van der Waals surface area contributed by atoms with Crippen molar-refractivity contribution in [1.29, 1.82) is 0 Å². The van der Waals surface area contributed by atoms with E-state index < -0.39 is 0 Å². The lowest BCUT2D eigenvalue weighted by molar-refractivity contribution is 0.113. The van der Waals surface area contributed by atoms with Crippen molar-refractivity contribution in [3.05, 3.63) is 0 Å². The molecule has 1 N–H and O–H groups in total. The third-order valence-corrected chi connectivity index (χ3v) is 2.60. The molecule has 0 aromatic heterocycles. The molecule has 0 aliphatic heterocycles. The Morgan fingerprint density at radius 1 is 1.36 bits per heavy atom. The lowest BCUT2D eigenvalue weighted by Crippen LogP contribution is -2.32. The molecule has 14 heavy (non-hydrogen) atoms. The monoisotopic (exact) mass is 199 g/mol. The minimum Gasteiger partial charge on any atom is -0.447 e. The van der Waals surface area contributed by atoms with Gasteiger partial charge in [-0.3, -0.25) is 0 Å².